The molecule has 130 valence electrons. The molecular weight excluding hydrogens is 340 g/mol. The van der Waals surface area contributed by atoms with Crippen LogP contribution in [0.4, 0.5) is 32.2 Å². The number of aryl methyl sites for hydroxylation is 1. The fraction of sp³-hybridized carbons (Fsp3) is 0.286. The topological polar surface area (TPSA) is 46.9 Å². The first kappa shape index (κ1) is 17.8. The Morgan fingerprint density at radius 1 is 1.12 bits per heavy atom. The Morgan fingerprint density at radius 3 is 2.33 bits per heavy atom. The smallest absolute Gasteiger partial charge is 0.311 e. The van der Waals surface area contributed by atoms with Gasteiger partial charge in [0.2, 0.25) is 5.91 Å². The minimum atomic E-state index is -4.66. The Kier molecular flexibility index (Phi) is 4.59. The van der Waals surface area contributed by atoms with Crippen LogP contribution in [0, 0.1) is 0 Å². The maximum Gasteiger partial charge on any atom is 0.435 e. The van der Waals surface area contributed by atoms with E-state index in [1.165, 1.54) is 13.1 Å². The molecule has 1 amide bonds. The van der Waals surface area contributed by atoms with Crippen LogP contribution in [-0.4, -0.2) is 15.7 Å². The number of carbonyl (C=O) groups is 1. The third-order valence-electron chi connectivity index (χ3n) is 3.06. The zero-order valence-corrected chi connectivity index (χ0v) is 12.2. The second kappa shape index (κ2) is 6.17. The van der Waals surface area contributed by atoms with Crippen molar-refractivity contribution in [3.05, 3.63) is 47.2 Å². The fourth-order valence-electron chi connectivity index (χ4n) is 1.95. The molecule has 0 fully saturated rings. The van der Waals surface area contributed by atoms with Crippen LogP contribution in [0.15, 0.2) is 30.3 Å². The summed E-state index contributed by atoms with van der Waals surface area (Å²) < 4.78 is 76.2. The Labute approximate surface area is 132 Å². The number of hydrogen-bond acceptors (Lipinski definition) is 2. The number of hydrogen-bond donors (Lipinski definition) is 1. The van der Waals surface area contributed by atoms with E-state index in [2.05, 4.69) is 10.4 Å². The summed E-state index contributed by atoms with van der Waals surface area (Å²) in [5, 5.41) is 5.41. The van der Waals surface area contributed by atoms with Crippen molar-refractivity contribution in [3.8, 4) is 0 Å². The van der Waals surface area contributed by atoms with Gasteiger partial charge in [-0.3, -0.25) is 9.48 Å². The minimum Gasteiger partial charge on any atom is -0.311 e. The quantitative estimate of drug-likeness (QED) is 0.859. The van der Waals surface area contributed by atoms with Crippen molar-refractivity contribution in [3.63, 3.8) is 0 Å². The number of halogens is 6. The number of anilines is 1. The third kappa shape index (κ3) is 4.27. The van der Waals surface area contributed by atoms with Crippen LogP contribution in [0.5, 0.6) is 0 Å². The van der Waals surface area contributed by atoms with E-state index in [4.69, 9.17) is 0 Å². The summed E-state index contributed by atoms with van der Waals surface area (Å²) in [6.07, 6.45) is -9.63. The van der Waals surface area contributed by atoms with Gasteiger partial charge in [-0.15, -0.1) is 0 Å². The minimum absolute atomic E-state index is 0.0838. The molecule has 0 saturated carbocycles. The van der Waals surface area contributed by atoms with Gasteiger partial charge >= 0.3 is 12.4 Å². The van der Waals surface area contributed by atoms with Crippen molar-refractivity contribution < 1.29 is 31.1 Å². The van der Waals surface area contributed by atoms with E-state index < -0.39 is 35.9 Å². The lowest BCUT2D eigenvalue weighted by Crippen LogP contribution is -2.17. The molecule has 0 unspecified atom stereocenters. The van der Waals surface area contributed by atoms with E-state index in [-0.39, 0.29) is 11.4 Å². The molecule has 1 aromatic carbocycles. The molecule has 1 aromatic heterocycles. The monoisotopic (exact) mass is 351 g/mol. The summed E-state index contributed by atoms with van der Waals surface area (Å²) in [7, 11) is 1.20. The fourth-order valence-corrected chi connectivity index (χ4v) is 1.95. The first-order valence-corrected chi connectivity index (χ1v) is 6.54. The molecule has 1 N–H and O–H groups in total. The summed E-state index contributed by atoms with van der Waals surface area (Å²) in [5.41, 5.74) is -2.01. The van der Waals surface area contributed by atoms with E-state index in [1.54, 1.807) is 0 Å². The van der Waals surface area contributed by atoms with Crippen LogP contribution in [0.25, 0.3) is 0 Å². The van der Waals surface area contributed by atoms with Crippen LogP contribution in [-0.2, 0) is 30.6 Å². The van der Waals surface area contributed by atoms with E-state index in [0.717, 1.165) is 22.9 Å². The third-order valence-corrected chi connectivity index (χ3v) is 3.06. The highest BCUT2D eigenvalue weighted by atomic mass is 19.4. The maximum atomic E-state index is 12.6. The predicted molar refractivity (Wildman–Crippen MR) is 72.0 cm³/mol. The summed E-state index contributed by atoms with van der Waals surface area (Å²) in [4.78, 5) is 11.8. The molecule has 0 aliphatic heterocycles. The second-order valence-corrected chi connectivity index (χ2v) is 4.96. The molecule has 24 heavy (non-hydrogen) atoms. The van der Waals surface area contributed by atoms with Gasteiger partial charge < -0.3 is 5.32 Å². The Bertz CT molecular complexity index is 748. The van der Waals surface area contributed by atoms with Crippen molar-refractivity contribution >= 4 is 11.7 Å². The number of carbonyl (C=O) groups excluding carboxylic acids is 1. The molecule has 4 nitrogen and oxygen atoms in total. The first-order chi connectivity index (χ1) is 11.0. The average Bonchev–Trinajstić information content (AvgIpc) is 2.79. The molecule has 10 heteroatoms. The van der Waals surface area contributed by atoms with Crippen LogP contribution >= 0.6 is 0 Å². The number of aromatic nitrogens is 2. The van der Waals surface area contributed by atoms with Gasteiger partial charge in [-0.25, -0.2) is 0 Å². The molecule has 0 atom stereocenters. The Hall–Kier alpha value is -2.52. The molecule has 0 spiro atoms. The van der Waals surface area contributed by atoms with Gasteiger partial charge in [0.25, 0.3) is 0 Å². The van der Waals surface area contributed by atoms with Crippen molar-refractivity contribution in [2.24, 2.45) is 7.05 Å². The summed E-state index contributed by atoms with van der Waals surface area (Å²) >= 11 is 0. The number of amides is 1. The normalized spacial score (nSPS) is 12.3. The highest BCUT2D eigenvalue weighted by Crippen LogP contribution is 2.30. The maximum absolute atomic E-state index is 12.6. The lowest BCUT2D eigenvalue weighted by Gasteiger charge is -2.09. The van der Waals surface area contributed by atoms with Gasteiger partial charge in [-0.2, -0.15) is 31.4 Å². The molecule has 1 heterocycles. The zero-order valence-electron chi connectivity index (χ0n) is 12.2. The number of nitrogens with one attached hydrogen (secondary N) is 1. The first-order valence-electron chi connectivity index (χ1n) is 6.54. The molecule has 0 aliphatic carbocycles. The lowest BCUT2D eigenvalue weighted by atomic mass is 10.1. The van der Waals surface area contributed by atoms with Crippen LogP contribution in [0.1, 0.15) is 16.8 Å². The largest absolute Gasteiger partial charge is 0.435 e. The van der Waals surface area contributed by atoms with Gasteiger partial charge in [0.15, 0.2) is 5.69 Å². The predicted octanol–water partition coefficient (Wildman–Crippen LogP) is 3.64. The number of benzene rings is 1. The average molecular weight is 351 g/mol. The lowest BCUT2D eigenvalue weighted by molar-refractivity contribution is -0.141. The van der Waals surface area contributed by atoms with Gasteiger partial charge in [0, 0.05) is 13.1 Å². The van der Waals surface area contributed by atoms with Crippen LogP contribution < -0.4 is 5.32 Å². The van der Waals surface area contributed by atoms with Crippen LogP contribution in [0.3, 0.4) is 0 Å². The van der Waals surface area contributed by atoms with E-state index in [1.807, 2.05) is 0 Å². The summed E-state index contributed by atoms with van der Waals surface area (Å²) in [5.74, 6) is -0.967. The zero-order chi connectivity index (χ0) is 18.1. The van der Waals surface area contributed by atoms with Crippen molar-refractivity contribution in [1.82, 2.24) is 9.78 Å². The van der Waals surface area contributed by atoms with E-state index in [0.29, 0.717) is 6.07 Å². The molecule has 2 rings (SSSR count). The van der Waals surface area contributed by atoms with E-state index >= 15 is 0 Å². The van der Waals surface area contributed by atoms with Gasteiger partial charge in [-0.05, 0) is 11.6 Å². The van der Waals surface area contributed by atoms with Gasteiger partial charge in [0.1, 0.15) is 5.82 Å². The molecule has 2 aromatic rings. The molecule has 0 saturated heterocycles. The molecular formula is C14H11F6N3O. The number of alkyl halides is 6. The Morgan fingerprint density at radius 2 is 1.79 bits per heavy atom. The van der Waals surface area contributed by atoms with Gasteiger partial charge in [-0.1, -0.05) is 18.2 Å². The Balaban J connectivity index is 2.11. The van der Waals surface area contributed by atoms with E-state index in [9.17, 15) is 31.1 Å². The SMILES string of the molecule is Cn1nc(C(F)(F)F)cc1NC(=O)Cc1cccc(C(F)(F)F)c1. The van der Waals surface area contributed by atoms with Crippen molar-refractivity contribution in [2.45, 2.75) is 18.8 Å². The number of rotatable bonds is 3. The molecule has 0 radical (unpaired) electrons. The highest BCUT2D eigenvalue weighted by molar-refractivity contribution is 5.91. The van der Waals surface area contributed by atoms with Crippen molar-refractivity contribution in [2.75, 3.05) is 5.32 Å². The molecule has 0 aliphatic rings. The second-order valence-electron chi connectivity index (χ2n) is 4.96. The highest BCUT2D eigenvalue weighted by Gasteiger charge is 2.35. The standard InChI is InChI=1S/C14H11F6N3O/c1-23-11(7-10(22-23)14(18,19)20)21-12(24)6-8-3-2-4-9(5-8)13(15,16)17/h2-5,7H,6H2,1H3,(H,21,24). The summed E-state index contributed by atoms with van der Waals surface area (Å²) in [6.45, 7) is 0. The molecule has 0 bridgehead atoms. The van der Waals surface area contributed by atoms with Crippen molar-refractivity contribution in [1.29, 1.82) is 0 Å². The van der Waals surface area contributed by atoms with Crippen LogP contribution in [0.2, 0.25) is 0 Å². The summed E-state index contributed by atoms with van der Waals surface area (Å²) in [6, 6.07) is 4.78. The van der Waals surface area contributed by atoms with Gasteiger partial charge in [0.05, 0.1) is 12.0 Å². The number of nitrogens with zero attached hydrogens (tertiary/aromatic N) is 2.